The van der Waals surface area contributed by atoms with Crippen molar-refractivity contribution in [3.63, 3.8) is 0 Å². The molecule has 0 unspecified atom stereocenters. The molecule has 3 nitrogen and oxygen atoms in total. The number of hydrogen-bond acceptors (Lipinski definition) is 4. The highest BCUT2D eigenvalue weighted by Crippen LogP contribution is 2.30. The zero-order chi connectivity index (χ0) is 15.1. The first-order valence-electron chi connectivity index (χ1n) is 7.55. The molecule has 1 aromatic carbocycles. The Balaban J connectivity index is 2.19. The fraction of sp³-hybridized carbons (Fsp3) is 0.471. The third-order valence-electron chi connectivity index (χ3n) is 3.12. The number of nitrogens with one attached hydrogen (secondary N) is 1. The number of thiazole rings is 1. The molecule has 0 aliphatic rings. The van der Waals surface area contributed by atoms with Crippen molar-refractivity contribution < 1.29 is 4.74 Å². The average Bonchev–Trinajstić information content (AvgIpc) is 2.89. The van der Waals surface area contributed by atoms with Crippen LogP contribution in [0.15, 0.2) is 30.3 Å². The summed E-state index contributed by atoms with van der Waals surface area (Å²) in [7, 11) is 0. The van der Waals surface area contributed by atoms with E-state index in [1.807, 2.05) is 13.0 Å². The number of ether oxygens (including phenoxy) is 1. The Morgan fingerprint density at radius 3 is 2.67 bits per heavy atom. The van der Waals surface area contributed by atoms with Crippen molar-refractivity contribution in [1.29, 1.82) is 0 Å². The van der Waals surface area contributed by atoms with E-state index in [4.69, 9.17) is 9.72 Å². The van der Waals surface area contributed by atoms with Gasteiger partial charge in [0.25, 0.3) is 0 Å². The fourth-order valence-corrected chi connectivity index (χ4v) is 3.11. The van der Waals surface area contributed by atoms with E-state index in [1.54, 1.807) is 11.3 Å². The Bertz CT molecular complexity index is 537. The van der Waals surface area contributed by atoms with Crippen molar-refractivity contribution in [3.05, 3.63) is 41.0 Å². The van der Waals surface area contributed by atoms with Gasteiger partial charge in [-0.15, -0.1) is 11.3 Å². The normalized spacial score (nSPS) is 11.2. The maximum atomic E-state index is 5.44. The van der Waals surface area contributed by atoms with Crippen molar-refractivity contribution >= 4 is 11.3 Å². The Labute approximate surface area is 131 Å². The van der Waals surface area contributed by atoms with Gasteiger partial charge in [-0.25, -0.2) is 4.98 Å². The van der Waals surface area contributed by atoms with Crippen molar-refractivity contribution in [2.24, 2.45) is 0 Å². The van der Waals surface area contributed by atoms with Gasteiger partial charge < -0.3 is 10.1 Å². The summed E-state index contributed by atoms with van der Waals surface area (Å²) in [4.78, 5) is 6.08. The summed E-state index contributed by atoms with van der Waals surface area (Å²) in [5, 5.41) is 4.62. The van der Waals surface area contributed by atoms with E-state index in [-0.39, 0.29) is 0 Å². The van der Waals surface area contributed by atoms with Crippen molar-refractivity contribution in [3.8, 4) is 10.4 Å². The first-order valence-corrected chi connectivity index (χ1v) is 8.37. The lowest BCUT2D eigenvalue weighted by molar-refractivity contribution is 0.151. The first kappa shape index (κ1) is 16.1. The molecule has 0 radical (unpaired) electrons. The smallest absolute Gasteiger partial charge is 0.0958 e. The molecule has 2 aromatic rings. The molecule has 4 heteroatoms. The van der Waals surface area contributed by atoms with Crippen molar-refractivity contribution in [1.82, 2.24) is 10.3 Å². The van der Waals surface area contributed by atoms with Gasteiger partial charge >= 0.3 is 0 Å². The molecule has 1 heterocycles. The predicted octanol–water partition coefficient (Wildman–Crippen LogP) is 3.89. The third-order valence-corrected chi connectivity index (χ3v) is 4.33. The van der Waals surface area contributed by atoms with Gasteiger partial charge in [-0.3, -0.25) is 0 Å². The van der Waals surface area contributed by atoms with Crippen LogP contribution in [0.1, 0.15) is 31.5 Å². The van der Waals surface area contributed by atoms with Crippen molar-refractivity contribution in [2.45, 2.75) is 39.8 Å². The van der Waals surface area contributed by atoms with Crippen LogP contribution in [0.2, 0.25) is 0 Å². The molecule has 0 saturated carbocycles. The molecular weight excluding hydrogens is 280 g/mol. The molecule has 0 aliphatic carbocycles. The molecule has 0 atom stereocenters. The van der Waals surface area contributed by atoms with Crippen LogP contribution < -0.4 is 5.32 Å². The van der Waals surface area contributed by atoms with Gasteiger partial charge in [-0.1, -0.05) is 44.2 Å². The maximum absolute atomic E-state index is 5.44. The van der Waals surface area contributed by atoms with Gasteiger partial charge in [0.05, 0.1) is 22.2 Å². The molecule has 1 N–H and O–H groups in total. The highest BCUT2D eigenvalue weighted by Gasteiger charge is 2.13. The summed E-state index contributed by atoms with van der Waals surface area (Å²) in [6.45, 7) is 8.66. The summed E-state index contributed by atoms with van der Waals surface area (Å²) >= 11 is 1.78. The minimum Gasteiger partial charge on any atom is -0.381 e. The first-order chi connectivity index (χ1) is 10.2. The Morgan fingerprint density at radius 1 is 1.24 bits per heavy atom. The molecule has 114 valence electrons. The molecule has 0 amide bonds. The predicted molar refractivity (Wildman–Crippen MR) is 89.7 cm³/mol. The maximum Gasteiger partial charge on any atom is 0.0958 e. The molecule has 0 bridgehead atoms. The quantitative estimate of drug-likeness (QED) is 0.751. The van der Waals surface area contributed by atoms with E-state index in [9.17, 15) is 0 Å². The van der Waals surface area contributed by atoms with E-state index in [2.05, 4.69) is 43.4 Å². The number of nitrogens with zero attached hydrogens (tertiary/aromatic N) is 1. The van der Waals surface area contributed by atoms with Crippen LogP contribution in [0.25, 0.3) is 10.4 Å². The minimum absolute atomic E-state index is 0.460. The standard InChI is InChI=1S/C17H24N2OS/c1-4-20-11-10-16-19-15(12-18-13(2)3)17(21-16)14-8-6-5-7-9-14/h5-9,13,18H,4,10-12H2,1-3H3. The third kappa shape index (κ3) is 4.92. The van der Waals surface area contributed by atoms with Gasteiger partial charge in [-0.2, -0.15) is 0 Å². The summed E-state index contributed by atoms with van der Waals surface area (Å²) in [5.74, 6) is 0. The number of benzene rings is 1. The van der Waals surface area contributed by atoms with E-state index < -0.39 is 0 Å². The summed E-state index contributed by atoms with van der Waals surface area (Å²) in [6, 6.07) is 11.0. The van der Waals surface area contributed by atoms with Crippen LogP contribution in [0.3, 0.4) is 0 Å². The second-order valence-corrected chi connectivity index (χ2v) is 6.32. The largest absolute Gasteiger partial charge is 0.381 e. The highest BCUT2D eigenvalue weighted by atomic mass is 32.1. The van der Waals surface area contributed by atoms with Gasteiger partial charge in [0.2, 0.25) is 0 Å². The molecule has 0 saturated heterocycles. The Morgan fingerprint density at radius 2 is 2.00 bits per heavy atom. The van der Waals surface area contributed by atoms with Gasteiger partial charge in [0, 0.05) is 25.6 Å². The topological polar surface area (TPSA) is 34.1 Å². The van der Waals surface area contributed by atoms with Crippen LogP contribution >= 0.6 is 11.3 Å². The highest BCUT2D eigenvalue weighted by molar-refractivity contribution is 7.15. The monoisotopic (exact) mass is 304 g/mol. The van der Waals surface area contributed by atoms with E-state index >= 15 is 0 Å². The second kappa shape index (κ2) is 8.27. The van der Waals surface area contributed by atoms with Gasteiger partial charge in [0.1, 0.15) is 0 Å². The molecule has 0 fully saturated rings. The summed E-state index contributed by atoms with van der Waals surface area (Å²) in [6.07, 6.45) is 0.889. The number of hydrogen-bond donors (Lipinski definition) is 1. The van der Waals surface area contributed by atoms with E-state index in [1.165, 1.54) is 10.4 Å². The van der Waals surface area contributed by atoms with E-state index in [0.717, 1.165) is 36.9 Å². The van der Waals surface area contributed by atoms with Crippen molar-refractivity contribution in [2.75, 3.05) is 13.2 Å². The summed E-state index contributed by atoms with van der Waals surface area (Å²) in [5.41, 5.74) is 2.39. The van der Waals surface area contributed by atoms with Crippen LogP contribution in [0.5, 0.6) is 0 Å². The molecule has 0 aliphatic heterocycles. The lowest BCUT2D eigenvalue weighted by Gasteiger charge is -2.07. The van der Waals surface area contributed by atoms with Gasteiger partial charge in [-0.05, 0) is 12.5 Å². The summed E-state index contributed by atoms with van der Waals surface area (Å²) < 4.78 is 5.44. The van der Waals surface area contributed by atoms with E-state index in [0.29, 0.717) is 6.04 Å². The minimum atomic E-state index is 0.460. The van der Waals surface area contributed by atoms with Crippen LogP contribution in [0.4, 0.5) is 0 Å². The van der Waals surface area contributed by atoms with Crippen LogP contribution in [0, 0.1) is 0 Å². The van der Waals surface area contributed by atoms with Crippen LogP contribution in [-0.4, -0.2) is 24.2 Å². The number of rotatable bonds is 8. The fourth-order valence-electron chi connectivity index (χ4n) is 2.05. The zero-order valence-electron chi connectivity index (χ0n) is 13.1. The zero-order valence-corrected chi connectivity index (χ0v) is 13.9. The number of aromatic nitrogens is 1. The average molecular weight is 304 g/mol. The van der Waals surface area contributed by atoms with Gasteiger partial charge in [0.15, 0.2) is 0 Å². The SMILES string of the molecule is CCOCCc1nc(CNC(C)C)c(-c2ccccc2)s1. The second-order valence-electron chi connectivity index (χ2n) is 5.23. The molecule has 2 rings (SSSR count). The lowest BCUT2D eigenvalue weighted by atomic mass is 10.1. The molecular formula is C17H24N2OS. The molecule has 1 aromatic heterocycles. The lowest BCUT2D eigenvalue weighted by Crippen LogP contribution is -2.22. The molecule has 21 heavy (non-hydrogen) atoms. The van der Waals surface area contributed by atoms with Crippen LogP contribution in [-0.2, 0) is 17.7 Å². The Hall–Kier alpha value is -1.23. The Kier molecular flexibility index (Phi) is 6.36. The molecule has 0 spiro atoms.